The first kappa shape index (κ1) is 22.2. The molecule has 28 heavy (non-hydrogen) atoms. The number of benzene rings is 2. The van der Waals surface area contributed by atoms with Gasteiger partial charge in [0, 0.05) is 30.9 Å². The molecule has 1 heterocycles. The quantitative estimate of drug-likeness (QED) is 0.698. The minimum absolute atomic E-state index is 0. The first-order chi connectivity index (χ1) is 13.0. The monoisotopic (exact) mass is 423 g/mol. The number of nitrogens with one attached hydrogen (secondary N) is 1. The number of sulfonamides is 1. The Morgan fingerprint density at radius 3 is 2.39 bits per heavy atom. The molecule has 0 bridgehead atoms. The second kappa shape index (κ2) is 9.91. The summed E-state index contributed by atoms with van der Waals surface area (Å²) in [5.74, 6) is -0.277. The highest BCUT2D eigenvalue weighted by Gasteiger charge is 2.26. The van der Waals surface area contributed by atoms with Gasteiger partial charge in [-0.3, -0.25) is 4.79 Å². The fraction of sp³-hybridized carbons (Fsp3) is 0.350. The van der Waals surface area contributed by atoms with Crippen molar-refractivity contribution < 1.29 is 13.2 Å². The maximum Gasteiger partial charge on any atom is 0.251 e. The molecule has 0 atom stereocenters. The molecule has 0 spiro atoms. The second-order valence-corrected chi connectivity index (χ2v) is 8.68. The molecule has 3 N–H and O–H groups in total. The number of anilines is 1. The van der Waals surface area contributed by atoms with Gasteiger partial charge in [0.2, 0.25) is 10.0 Å². The lowest BCUT2D eigenvalue weighted by Gasteiger charge is -2.26. The van der Waals surface area contributed by atoms with Crippen LogP contribution >= 0.6 is 12.4 Å². The van der Waals surface area contributed by atoms with Crippen molar-refractivity contribution in [2.24, 2.45) is 0 Å². The second-order valence-electron chi connectivity index (χ2n) is 6.74. The Labute approximate surface area is 172 Å². The predicted molar refractivity (Wildman–Crippen MR) is 113 cm³/mol. The van der Waals surface area contributed by atoms with E-state index < -0.39 is 10.0 Å². The lowest BCUT2D eigenvalue weighted by atomic mass is 10.1. The van der Waals surface area contributed by atoms with E-state index in [4.69, 9.17) is 5.73 Å². The van der Waals surface area contributed by atoms with Crippen LogP contribution in [0.25, 0.3) is 0 Å². The molecule has 152 valence electrons. The third kappa shape index (κ3) is 5.47. The van der Waals surface area contributed by atoms with Gasteiger partial charge in [-0.25, -0.2) is 8.42 Å². The van der Waals surface area contributed by atoms with Crippen molar-refractivity contribution >= 4 is 34.0 Å². The third-order valence-electron chi connectivity index (χ3n) is 4.73. The minimum atomic E-state index is -3.54. The highest BCUT2D eigenvalue weighted by molar-refractivity contribution is 7.89. The standard InChI is InChI=1S/C20H25N3O3S.ClH/c21-18-9-7-16(8-10-18)11-12-22-20(24)17-5-4-6-19(15-17)27(25,26)23-13-2-1-3-14-23;/h4-10,15H,1-3,11-14,21H2,(H,22,24);1H. The lowest BCUT2D eigenvalue weighted by molar-refractivity contribution is 0.0954. The van der Waals surface area contributed by atoms with Gasteiger partial charge in [-0.15, -0.1) is 12.4 Å². The molecule has 1 aliphatic rings. The molecule has 0 radical (unpaired) electrons. The number of nitrogen functional groups attached to an aromatic ring is 1. The number of carbonyl (C=O) groups is 1. The van der Waals surface area contributed by atoms with Crippen LogP contribution < -0.4 is 11.1 Å². The van der Waals surface area contributed by atoms with Crippen molar-refractivity contribution in [2.45, 2.75) is 30.6 Å². The van der Waals surface area contributed by atoms with Gasteiger partial charge in [0.05, 0.1) is 4.90 Å². The fourth-order valence-electron chi connectivity index (χ4n) is 3.16. The summed E-state index contributed by atoms with van der Waals surface area (Å²) in [7, 11) is -3.54. The van der Waals surface area contributed by atoms with Gasteiger partial charge in [-0.1, -0.05) is 24.6 Å². The van der Waals surface area contributed by atoms with Crippen LogP contribution in [-0.4, -0.2) is 38.3 Å². The first-order valence-corrected chi connectivity index (χ1v) is 10.6. The molecule has 0 aliphatic carbocycles. The Balaban J connectivity index is 0.00000280. The Hall–Kier alpha value is -2.09. The highest BCUT2D eigenvalue weighted by Crippen LogP contribution is 2.21. The normalized spacial score (nSPS) is 14.9. The number of piperidine rings is 1. The van der Waals surface area contributed by atoms with Crippen LogP contribution in [0.1, 0.15) is 35.2 Å². The molecule has 0 unspecified atom stereocenters. The maximum atomic E-state index is 12.8. The van der Waals surface area contributed by atoms with Crippen molar-refractivity contribution in [1.29, 1.82) is 0 Å². The number of carbonyl (C=O) groups excluding carboxylic acids is 1. The van der Waals surface area contributed by atoms with Crippen LogP contribution in [0.5, 0.6) is 0 Å². The van der Waals surface area contributed by atoms with Gasteiger partial charge < -0.3 is 11.1 Å². The molecule has 1 aliphatic heterocycles. The molecule has 8 heteroatoms. The number of nitrogens with zero attached hydrogens (tertiary/aromatic N) is 1. The van der Waals surface area contributed by atoms with Crippen molar-refractivity contribution in [2.75, 3.05) is 25.4 Å². The molecular formula is C20H26ClN3O3S. The van der Waals surface area contributed by atoms with E-state index in [0.29, 0.717) is 37.3 Å². The summed E-state index contributed by atoms with van der Waals surface area (Å²) in [6.07, 6.45) is 3.50. The lowest BCUT2D eigenvalue weighted by Crippen LogP contribution is -2.35. The first-order valence-electron chi connectivity index (χ1n) is 9.20. The number of rotatable bonds is 6. The molecule has 1 fully saturated rings. The van der Waals surface area contributed by atoms with Crippen molar-refractivity contribution in [3.05, 3.63) is 59.7 Å². The topological polar surface area (TPSA) is 92.5 Å². The van der Waals surface area contributed by atoms with E-state index in [2.05, 4.69) is 5.32 Å². The number of nitrogens with two attached hydrogens (primary N) is 1. The van der Waals surface area contributed by atoms with Crippen molar-refractivity contribution in [3.63, 3.8) is 0 Å². The largest absolute Gasteiger partial charge is 0.399 e. The van der Waals surface area contributed by atoms with E-state index >= 15 is 0 Å². The SMILES string of the molecule is Cl.Nc1ccc(CCNC(=O)c2cccc(S(=O)(=O)N3CCCCC3)c2)cc1. The van der Waals surface area contributed by atoms with Gasteiger partial charge >= 0.3 is 0 Å². The molecule has 1 saturated heterocycles. The van der Waals surface area contributed by atoms with Crippen LogP contribution in [0, 0.1) is 0 Å². The average molecular weight is 424 g/mol. The van der Waals surface area contributed by atoms with Crippen molar-refractivity contribution in [1.82, 2.24) is 9.62 Å². The van der Waals surface area contributed by atoms with Gasteiger partial charge in [-0.05, 0) is 55.2 Å². The van der Waals surface area contributed by atoms with Crippen molar-refractivity contribution in [3.8, 4) is 0 Å². The maximum absolute atomic E-state index is 12.8. The smallest absolute Gasteiger partial charge is 0.251 e. The van der Waals surface area contributed by atoms with Crippen LogP contribution in [-0.2, 0) is 16.4 Å². The van der Waals surface area contributed by atoms with Crippen LogP contribution in [0.15, 0.2) is 53.4 Å². The van der Waals surface area contributed by atoms with E-state index in [1.807, 2.05) is 24.3 Å². The fourth-order valence-corrected chi connectivity index (χ4v) is 4.72. The van der Waals surface area contributed by atoms with Gasteiger partial charge in [-0.2, -0.15) is 4.31 Å². The minimum Gasteiger partial charge on any atom is -0.399 e. The number of amides is 1. The average Bonchev–Trinajstić information content (AvgIpc) is 2.70. The summed E-state index contributed by atoms with van der Waals surface area (Å²) >= 11 is 0. The Morgan fingerprint density at radius 1 is 1.04 bits per heavy atom. The zero-order chi connectivity index (χ0) is 19.3. The van der Waals surface area contributed by atoms with Crippen LogP contribution in [0.2, 0.25) is 0 Å². The van der Waals surface area contributed by atoms with E-state index in [9.17, 15) is 13.2 Å². The molecule has 6 nitrogen and oxygen atoms in total. The molecule has 0 saturated carbocycles. The van der Waals surface area contributed by atoms with E-state index in [-0.39, 0.29) is 23.2 Å². The van der Waals surface area contributed by atoms with Crippen LogP contribution in [0.4, 0.5) is 5.69 Å². The van der Waals surface area contributed by atoms with Gasteiger partial charge in [0.15, 0.2) is 0 Å². The summed E-state index contributed by atoms with van der Waals surface area (Å²) in [5.41, 5.74) is 7.79. The molecule has 2 aromatic carbocycles. The van der Waals surface area contributed by atoms with E-state index in [1.165, 1.54) is 10.4 Å². The predicted octanol–water partition coefficient (Wildman–Crippen LogP) is 2.84. The van der Waals surface area contributed by atoms with E-state index in [0.717, 1.165) is 24.8 Å². The Kier molecular flexibility index (Phi) is 7.86. The van der Waals surface area contributed by atoms with Crippen LogP contribution in [0.3, 0.4) is 0 Å². The Bertz CT molecular complexity index is 895. The summed E-state index contributed by atoms with van der Waals surface area (Å²) in [6.45, 7) is 1.55. The Morgan fingerprint density at radius 2 is 1.71 bits per heavy atom. The number of hydrogen-bond acceptors (Lipinski definition) is 4. The zero-order valence-electron chi connectivity index (χ0n) is 15.6. The number of halogens is 1. The highest BCUT2D eigenvalue weighted by atomic mass is 35.5. The summed E-state index contributed by atoms with van der Waals surface area (Å²) in [6, 6.07) is 13.8. The summed E-state index contributed by atoms with van der Waals surface area (Å²) in [4.78, 5) is 12.6. The molecule has 0 aromatic heterocycles. The summed E-state index contributed by atoms with van der Waals surface area (Å²) < 4.78 is 27.1. The molecule has 1 amide bonds. The zero-order valence-corrected chi connectivity index (χ0v) is 17.3. The summed E-state index contributed by atoms with van der Waals surface area (Å²) in [5, 5.41) is 2.84. The van der Waals surface area contributed by atoms with Gasteiger partial charge in [0.25, 0.3) is 5.91 Å². The molecule has 3 rings (SSSR count). The number of hydrogen-bond donors (Lipinski definition) is 2. The molecular weight excluding hydrogens is 398 g/mol. The molecule has 2 aromatic rings. The third-order valence-corrected chi connectivity index (χ3v) is 6.62. The van der Waals surface area contributed by atoms with E-state index in [1.54, 1.807) is 18.2 Å². The van der Waals surface area contributed by atoms with Gasteiger partial charge in [0.1, 0.15) is 0 Å².